The van der Waals surface area contributed by atoms with Crippen molar-refractivity contribution in [3.63, 3.8) is 0 Å². The summed E-state index contributed by atoms with van der Waals surface area (Å²) in [5, 5.41) is 0.542. The van der Waals surface area contributed by atoms with Crippen LogP contribution in [0.1, 0.15) is 22.8 Å². The minimum Gasteiger partial charge on any atom is -0.486 e. The summed E-state index contributed by atoms with van der Waals surface area (Å²) in [4.78, 5) is 11.1. The van der Waals surface area contributed by atoms with Crippen molar-refractivity contribution < 1.29 is 13.9 Å². The van der Waals surface area contributed by atoms with E-state index in [4.69, 9.17) is 16.3 Å². The molecule has 0 saturated carbocycles. The van der Waals surface area contributed by atoms with Crippen LogP contribution in [0.25, 0.3) is 0 Å². The summed E-state index contributed by atoms with van der Waals surface area (Å²) >= 11 is 9.36. The summed E-state index contributed by atoms with van der Waals surface area (Å²) < 4.78 is 20.0. The fraction of sp³-hybridized carbons (Fsp3) is 0.133. The molecule has 0 aliphatic carbocycles. The SMILES string of the molecule is CC(=O)c1ccc(OCc2ccc(Br)cc2Cl)c(F)c1. The third-order valence-corrected chi connectivity index (χ3v) is 3.58. The first-order chi connectivity index (χ1) is 9.47. The van der Waals surface area contributed by atoms with Crippen LogP contribution >= 0.6 is 27.5 Å². The molecule has 0 spiro atoms. The normalized spacial score (nSPS) is 10.4. The Bertz CT molecular complexity index is 658. The van der Waals surface area contributed by atoms with Gasteiger partial charge in [0.2, 0.25) is 0 Å². The van der Waals surface area contributed by atoms with Crippen molar-refractivity contribution in [2.75, 3.05) is 0 Å². The number of carbonyl (C=O) groups is 1. The number of hydrogen-bond donors (Lipinski definition) is 0. The highest BCUT2D eigenvalue weighted by atomic mass is 79.9. The van der Waals surface area contributed by atoms with Gasteiger partial charge < -0.3 is 4.74 Å². The van der Waals surface area contributed by atoms with Gasteiger partial charge >= 0.3 is 0 Å². The van der Waals surface area contributed by atoms with Gasteiger partial charge in [-0.3, -0.25) is 4.79 Å². The van der Waals surface area contributed by atoms with E-state index in [1.165, 1.54) is 25.1 Å². The molecule has 0 atom stereocenters. The first-order valence-electron chi connectivity index (χ1n) is 5.84. The van der Waals surface area contributed by atoms with E-state index < -0.39 is 5.82 Å². The molecule has 20 heavy (non-hydrogen) atoms. The molecule has 0 unspecified atom stereocenters. The number of halogens is 3. The topological polar surface area (TPSA) is 26.3 Å². The molecule has 0 aliphatic rings. The van der Waals surface area contributed by atoms with Gasteiger partial charge in [0.05, 0.1) is 0 Å². The minimum absolute atomic E-state index is 0.0917. The number of ether oxygens (including phenoxy) is 1. The first-order valence-corrected chi connectivity index (χ1v) is 7.01. The fourth-order valence-corrected chi connectivity index (χ4v) is 2.36. The van der Waals surface area contributed by atoms with Gasteiger partial charge in [0.1, 0.15) is 6.61 Å². The number of rotatable bonds is 4. The largest absolute Gasteiger partial charge is 0.486 e. The van der Waals surface area contributed by atoms with Crippen molar-refractivity contribution in [2.45, 2.75) is 13.5 Å². The predicted octanol–water partition coefficient (Wildman–Crippen LogP) is 5.02. The lowest BCUT2D eigenvalue weighted by Gasteiger charge is -2.09. The molecule has 0 bridgehead atoms. The van der Waals surface area contributed by atoms with Crippen LogP contribution in [0.5, 0.6) is 5.75 Å². The van der Waals surface area contributed by atoms with Crippen LogP contribution in [0.3, 0.4) is 0 Å². The van der Waals surface area contributed by atoms with Gasteiger partial charge in [0.25, 0.3) is 0 Å². The van der Waals surface area contributed by atoms with E-state index in [1.807, 2.05) is 6.07 Å². The van der Waals surface area contributed by atoms with Crippen LogP contribution in [-0.2, 0) is 6.61 Å². The van der Waals surface area contributed by atoms with Crippen LogP contribution < -0.4 is 4.74 Å². The summed E-state index contributed by atoms with van der Waals surface area (Å²) in [6, 6.07) is 9.52. The van der Waals surface area contributed by atoms with E-state index in [0.717, 1.165) is 10.0 Å². The third-order valence-electron chi connectivity index (χ3n) is 2.74. The minimum atomic E-state index is -0.564. The molecule has 0 saturated heterocycles. The molecular formula is C15H11BrClFO2. The molecule has 0 aromatic heterocycles. The van der Waals surface area contributed by atoms with E-state index in [9.17, 15) is 9.18 Å². The molecule has 5 heteroatoms. The van der Waals surface area contributed by atoms with Crippen molar-refractivity contribution in [3.8, 4) is 5.75 Å². The number of ketones is 1. The van der Waals surface area contributed by atoms with Crippen LogP contribution in [0, 0.1) is 5.82 Å². The van der Waals surface area contributed by atoms with E-state index in [1.54, 1.807) is 12.1 Å². The second-order valence-corrected chi connectivity index (χ2v) is 5.55. The molecule has 0 aliphatic heterocycles. The molecule has 2 aromatic rings. The number of Topliss-reactive ketones (excluding diaryl/α,β-unsaturated/α-hetero) is 1. The van der Waals surface area contributed by atoms with E-state index in [0.29, 0.717) is 10.6 Å². The highest BCUT2D eigenvalue weighted by Crippen LogP contribution is 2.24. The summed E-state index contributed by atoms with van der Waals surface area (Å²) in [5.41, 5.74) is 1.07. The van der Waals surface area contributed by atoms with Crippen molar-refractivity contribution in [2.24, 2.45) is 0 Å². The summed E-state index contributed by atoms with van der Waals surface area (Å²) in [5.74, 6) is -0.661. The zero-order valence-corrected chi connectivity index (χ0v) is 13.0. The Kier molecular flexibility index (Phi) is 4.78. The second-order valence-electron chi connectivity index (χ2n) is 4.23. The molecule has 2 rings (SSSR count). The zero-order chi connectivity index (χ0) is 14.7. The molecule has 2 nitrogen and oxygen atoms in total. The van der Waals surface area contributed by atoms with Gasteiger partial charge in [0.15, 0.2) is 17.3 Å². The Hall–Kier alpha value is -1.39. The standard InChI is InChI=1S/C15H11BrClFO2/c1-9(19)10-3-5-15(14(18)6-10)20-8-11-2-4-12(16)7-13(11)17/h2-7H,8H2,1H3. The van der Waals surface area contributed by atoms with Crippen molar-refractivity contribution in [1.29, 1.82) is 0 Å². The van der Waals surface area contributed by atoms with Crippen molar-refractivity contribution in [3.05, 3.63) is 62.8 Å². The van der Waals surface area contributed by atoms with Gasteiger partial charge in [-0.05, 0) is 37.3 Å². The van der Waals surface area contributed by atoms with E-state index in [-0.39, 0.29) is 18.1 Å². The van der Waals surface area contributed by atoms with Crippen LogP contribution in [-0.4, -0.2) is 5.78 Å². The van der Waals surface area contributed by atoms with Crippen molar-refractivity contribution in [1.82, 2.24) is 0 Å². The second kappa shape index (κ2) is 6.37. The molecular weight excluding hydrogens is 347 g/mol. The number of benzene rings is 2. The van der Waals surface area contributed by atoms with Gasteiger partial charge in [-0.1, -0.05) is 33.6 Å². The van der Waals surface area contributed by atoms with Crippen LogP contribution in [0.4, 0.5) is 4.39 Å². The van der Waals surface area contributed by atoms with Crippen LogP contribution in [0.2, 0.25) is 5.02 Å². The average molecular weight is 358 g/mol. The Morgan fingerprint density at radius 1 is 1.30 bits per heavy atom. The Morgan fingerprint density at radius 3 is 2.65 bits per heavy atom. The summed E-state index contributed by atoms with van der Waals surface area (Å²) in [6.07, 6.45) is 0. The molecule has 2 aromatic carbocycles. The van der Waals surface area contributed by atoms with Gasteiger partial charge in [-0.25, -0.2) is 4.39 Å². The Morgan fingerprint density at radius 2 is 2.05 bits per heavy atom. The lowest BCUT2D eigenvalue weighted by molar-refractivity contribution is 0.101. The number of carbonyl (C=O) groups excluding carboxylic acids is 1. The smallest absolute Gasteiger partial charge is 0.165 e. The zero-order valence-electron chi connectivity index (χ0n) is 10.6. The van der Waals surface area contributed by atoms with E-state index >= 15 is 0 Å². The molecule has 0 fully saturated rings. The Balaban J connectivity index is 2.13. The van der Waals surface area contributed by atoms with Gasteiger partial charge in [-0.2, -0.15) is 0 Å². The average Bonchev–Trinajstić information content (AvgIpc) is 2.38. The maximum Gasteiger partial charge on any atom is 0.165 e. The highest BCUT2D eigenvalue weighted by Gasteiger charge is 2.09. The Labute approximate surface area is 129 Å². The maximum atomic E-state index is 13.8. The quantitative estimate of drug-likeness (QED) is 0.718. The molecule has 0 radical (unpaired) electrons. The third kappa shape index (κ3) is 3.58. The molecule has 104 valence electrons. The van der Waals surface area contributed by atoms with Crippen LogP contribution in [0.15, 0.2) is 40.9 Å². The predicted molar refractivity (Wildman–Crippen MR) is 79.9 cm³/mol. The van der Waals surface area contributed by atoms with Gasteiger partial charge in [0, 0.05) is 20.6 Å². The first kappa shape index (κ1) is 15.0. The summed E-state index contributed by atoms with van der Waals surface area (Å²) in [6.45, 7) is 1.54. The maximum absolute atomic E-state index is 13.8. The highest BCUT2D eigenvalue weighted by molar-refractivity contribution is 9.10. The van der Waals surface area contributed by atoms with E-state index in [2.05, 4.69) is 15.9 Å². The lowest BCUT2D eigenvalue weighted by Crippen LogP contribution is -2.00. The molecule has 0 N–H and O–H groups in total. The summed E-state index contributed by atoms with van der Waals surface area (Å²) in [7, 11) is 0. The fourth-order valence-electron chi connectivity index (χ4n) is 1.63. The molecule has 0 heterocycles. The van der Waals surface area contributed by atoms with Crippen molar-refractivity contribution >= 4 is 33.3 Å². The lowest BCUT2D eigenvalue weighted by atomic mass is 10.1. The molecule has 0 amide bonds. The number of hydrogen-bond acceptors (Lipinski definition) is 2. The van der Waals surface area contributed by atoms with Gasteiger partial charge in [-0.15, -0.1) is 0 Å². The monoisotopic (exact) mass is 356 g/mol.